The quantitative estimate of drug-likeness (QED) is 0.460. The molecule has 0 aliphatic carbocycles. The summed E-state index contributed by atoms with van der Waals surface area (Å²) in [7, 11) is 1.39. The van der Waals surface area contributed by atoms with Crippen LogP contribution in [0.1, 0.15) is 39.5 Å². The van der Waals surface area contributed by atoms with E-state index >= 15 is 0 Å². The van der Waals surface area contributed by atoms with Crippen LogP contribution in [0.3, 0.4) is 0 Å². The molecule has 3 heteroatoms. The van der Waals surface area contributed by atoms with Gasteiger partial charge in [0.25, 0.3) is 0 Å². The second-order valence-electron chi connectivity index (χ2n) is 3.66. The molecule has 0 aromatic rings. The molecule has 15 heavy (non-hydrogen) atoms. The summed E-state index contributed by atoms with van der Waals surface area (Å²) in [6, 6.07) is 0. The van der Waals surface area contributed by atoms with Crippen LogP contribution >= 0.6 is 0 Å². The monoisotopic (exact) mass is 214 g/mol. The van der Waals surface area contributed by atoms with Crippen molar-refractivity contribution in [3.8, 4) is 0 Å². The fourth-order valence-electron chi connectivity index (χ4n) is 1.44. The van der Waals surface area contributed by atoms with Crippen molar-refractivity contribution < 1.29 is 14.3 Å². The largest absolute Gasteiger partial charge is 0.469 e. The minimum absolute atomic E-state index is 0.0889. The molecule has 0 radical (unpaired) electrons. The summed E-state index contributed by atoms with van der Waals surface area (Å²) < 4.78 is 10.3. The molecule has 0 N–H and O–H groups in total. The van der Waals surface area contributed by atoms with Crippen LogP contribution in [0, 0.1) is 0 Å². The van der Waals surface area contributed by atoms with Gasteiger partial charge in [0.2, 0.25) is 0 Å². The highest BCUT2D eigenvalue weighted by atomic mass is 16.5. The zero-order valence-electron chi connectivity index (χ0n) is 9.99. The number of carbonyl (C=O) groups is 1. The van der Waals surface area contributed by atoms with Crippen molar-refractivity contribution in [2.45, 2.75) is 51.7 Å². The highest BCUT2D eigenvalue weighted by molar-refractivity contribution is 5.69. The Bertz CT molecular complexity index is 189. The number of ether oxygens (including phenoxy) is 2. The molecule has 0 aromatic heterocycles. The molecule has 0 unspecified atom stereocenters. The van der Waals surface area contributed by atoms with E-state index in [1.165, 1.54) is 7.11 Å². The van der Waals surface area contributed by atoms with Crippen LogP contribution in [0.25, 0.3) is 0 Å². The van der Waals surface area contributed by atoms with Crippen LogP contribution in [0.4, 0.5) is 0 Å². The Morgan fingerprint density at radius 2 is 2.20 bits per heavy atom. The summed E-state index contributed by atoms with van der Waals surface area (Å²) >= 11 is 0. The van der Waals surface area contributed by atoms with E-state index in [1.807, 2.05) is 13.0 Å². The molecule has 0 fully saturated rings. The Morgan fingerprint density at radius 3 is 2.67 bits per heavy atom. The van der Waals surface area contributed by atoms with E-state index in [0.29, 0.717) is 6.42 Å². The molecule has 0 saturated heterocycles. The van der Waals surface area contributed by atoms with E-state index in [2.05, 4.69) is 18.2 Å². The number of carbonyl (C=O) groups excluding carboxylic acids is 1. The lowest BCUT2D eigenvalue weighted by Crippen LogP contribution is -2.22. The van der Waals surface area contributed by atoms with Crippen LogP contribution in [-0.2, 0) is 14.3 Å². The van der Waals surface area contributed by atoms with Gasteiger partial charge in [-0.15, -0.1) is 6.58 Å². The molecule has 0 heterocycles. The second-order valence-corrected chi connectivity index (χ2v) is 3.66. The third-order valence-electron chi connectivity index (χ3n) is 2.15. The maximum absolute atomic E-state index is 11.0. The van der Waals surface area contributed by atoms with Crippen LogP contribution in [-0.4, -0.2) is 25.3 Å². The zero-order chi connectivity index (χ0) is 11.7. The molecule has 0 spiro atoms. The summed E-state index contributed by atoms with van der Waals surface area (Å²) in [5.74, 6) is -0.226. The number of hydrogen-bond donors (Lipinski definition) is 0. The minimum atomic E-state index is -0.226. The average Bonchev–Trinajstić information content (AvgIpc) is 2.18. The highest BCUT2D eigenvalue weighted by Gasteiger charge is 2.14. The Kier molecular flexibility index (Phi) is 8.01. The minimum Gasteiger partial charge on any atom is -0.469 e. The lowest BCUT2D eigenvalue weighted by Gasteiger charge is -2.20. The van der Waals surface area contributed by atoms with Crippen molar-refractivity contribution in [1.29, 1.82) is 0 Å². The molecule has 0 aliphatic rings. The number of methoxy groups -OCH3 is 1. The van der Waals surface area contributed by atoms with Crippen molar-refractivity contribution in [3.63, 3.8) is 0 Å². The fourth-order valence-corrected chi connectivity index (χ4v) is 1.44. The molecule has 0 saturated carbocycles. The first kappa shape index (κ1) is 14.2. The van der Waals surface area contributed by atoms with E-state index in [9.17, 15) is 4.79 Å². The molecular weight excluding hydrogens is 192 g/mol. The first-order valence-electron chi connectivity index (χ1n) is 5.47. The summed E-state index contributed by atoms with van der Waals surface area (Å²) in [6.45, 7) is 7.70. The molecule has 0 amide bonds. The van der Waals surface area contributed by atoms with Gasteiger partial charge in [-0.05, 0) is 19.8 Å². The van der Waals surface area contributed by atoms with Gasteiger partial charge in [-0.3, -0.25) is 4.79 Å². The van der Waals surface area contributed by atoms with Crippen LogP contribution in [0.2, 0.25) is 0 Å². The molecule has 0 rings (SSSR count). The fraction of sp³-hybridized carbons (Fsp3) is 0.750. The van der Waals surface area contributed by atoms with Crippen molar-refractivity contribution in [2.24, 2.45) is 0 Å². The topological polar surface area (TPSA) is 35.5 Å². The maximum Gasteiger partial charge on any atom is 0.308 e. The maximum atomic E-state index is 11.0. The van der Waals surface area contributed by atoms with Gasteiger partial charge in [0.15, 0.2) is 0 Å². The van der Waals surface area contributed by atoms with Gasteiger partial charge >= 0.3 is 5.97 Å². The van der Waals surface area contributed by atoms with Gasteiger partial charge in [0.05, 0.1) is 25.7 Å². The summed E-state index contributed by atoms with van der Waals surface area (Å²) in [6.07, 6.45) is 5.15. The molecule has 2 atom stereocenters. The van der Waals surface area contributed by atoms with Gasteiger partial charge in [-0.25, -0.2) is 0 Å². The third-order valence-corrected chi connectivity index (χ3v) is 2.15. The predicted octanol–water partition coefficient (Wildman–Crippen LogP) is 2.70. The van der Waals surface area contributed by atoms with E-state index in [0.717, 1.165) is 19.3 Å². The molecule has 0 bridgehead atoms. The Labute approximate surface area is 92.5 Å². The normalized spacial score (nSPS) is 14.3. The van der Waals surface area contributed by atoms with Crippen molar-refractivity contribution in [3.05, 3.63) is 12.7 Å². The van der Waals surface area contributed by atoms with E-state index < -0.39 is 0 Å². The van der Waals surface area contributed by atoms with E-state index in [-0.39, 0.29) is 18.2 Å². The highest BCUT2D eigenvalue weighted by Crippen LogP contribution is 2.12. The zero-order valence-corrected chi connectivity index (χ0v) is 9.99. The number of esters is 1. The standard InChI is InChI=1S/C12H22O3/c1-5-7-11(8-6-2)15-10(3)9-12(13)14-4/h5,10-11H,1,6-9H2,2-4H3/t10-,11+/m1/s1. The van der Waals surface area contributed by atoms with E-state index in [4.69, 9.17) is 4.74 Å². The molecule has 88 valence electrons. The average molecular weight is 214 g/mol. The summed E-state index contributed by atoms with van der Waals surface area (Å²) in [4.78, 5) is 11.0. The summed E-state index contributed by atoms with van der Waals surface area (Å²) in [5.41, 5.74) is 0. The summed E-state index contributed by atoms with van der Waals surface area (Å²) in [5, 5.41) is 0. The Hall–Kier alpha value is -0.830. The van der Waals surface area contributed by atoms with Crippen molar-refractivity contribution >= 4 is 5.97 Å². The van der Waals surface area contributed by atoms with Gasteiger partial charge in [-0.1, -0.05) is 19.4 Å². The number of hydrogen-bond acceptors (Lipinski definition) is 3. The molecule has 3 nitrogen and oxygen atoms in total. The molecular formula is C12H22O3. The van der Waals surface area contributed by atoms with Crippen LogP contribution in [0.5, 0.6) is 0 Å². The third kappa shape index (κ3) is 7.14. The first-order valence-corrected chi connectivity index (χ1v) is 5.47. The number of rotatable bonds is 8. The lowest BCUT2D eigenvalue weighted by molar-refractivity contribution is -0.144. The van der Waals surface area contributed by atoms with Crippen molar-refractivity contribution in [2.75, 3.05) is 7.11 Å². The predicted molar refractivity (Wildman–Crippen MR) is 60.7 cm³/mol. The van der Waals surface area contributed by atoms with Gasteiger partial charge < -0.3 is 9.47 Å². The van der Waals surface area contributed by atoms with Gasteiger partial charge in [0, 0.05) is 0 Å². The molecule has 0 aliphatic heterocycles. The lowest BCUT2D eigenvalue weighted by atomic mass is 10.1. The SMILES string of the molecule is C=CC[C@@H](CCC)O[C@H](C)CC(=O)OC. The second kappa shape index (κ2) is 8.48. The van der Waals surface area contributed by atoms with Gasteiger partial charge in [-0.2, -0.15) is 0 Å². The molecule has 0 aromatic carbocycles. The Morgan fingerprint density at radius 1 is 1.53 bits per heavy atom. The van der Waals surface area contributed by atoms with Crippen LogP contribution < -0.4 is 0 Å². The Balaban J connectivity index is 3.92. The van der Waals surface area contributed by atoms with Crippen LogP contribution in [0.15, 0.2) is 12.7 Å². The van der Waals surface area contributed by atoms with Gasteiger partial charge in [0.1, 0.15) is 0 Å². The smallest absolute Gasteiger partial charge is 0.308 e. The van der Waals surface area contributed by atoms with E-state index in [1.54, 1.807) is 0 Å². The van der Waals surface area contributed by atoms with Crippen molar-refractivity contribution in [1.82, 2.24) is 0 Å². The first-order chi connectivity index (χ1) is 7.13.